The van der Waals surface area contributed by atoms with E-state index in [2.05, 4.69) is 35.6 Å². The molecule has 0 radical (unpaired) electrons. The number of nitrogens with two attached hydrogens (primary N) is 1. The highest BCUT2D eigenvalue weighted by molar-refractivity contribution is 5.14. The SMILES string of the molecule is NC(CCc1ccccc1)CNCC1CCCCO1. The second kappa shape index (κ2) is 8.31. The van der Waals surface area contributed by atoms with E-state index in [0.29, 0.717) is 6.10 Å². The van der Waals surface area contributed by atoms with Crippen molar-refractivity contribution in [1.29, 1.82) is 0 Å². The summed E-state index contributed by atoms with van der Waals surface area (Å²) in [6, 6.07) is 10.8. The summed E-state index contributed by atoms with van der Waals surface area (Å²) in [7, 11) is 0. The van der Waals surface area contributed by atoms with E-state index in [9.17, 15) is 0 Å². The Bertz CT molecular complexity index is 336. The molecule has 19 heavy (non-hydrogen) atoms. The zero-order chi connectivity index (χ0) is 13.3. The molecule has 1 fully saturated rings. The highest BCUT2D eigenvalue weighted by Gasteiger charge is 2.13. The van der Waals surface area contributed by atoms with Crippen LogP contribution in [0.2, 0.25) is 0 Å². The van der Waals surface area contributed by atoms with Crippen LogP contribution >= 0.6 is 0 Å². The molecule has 3 nitrogen and oxygen atoms in total. The molecule has 1 aromatic rings. The topological polar surface area (TPSA) is 47.3 Å². The lowest BCUT2D eigenvalue weighted by molar-refractivity contribution is 0.0169. The highest BCUT2D eigenvalue weighted by atomic mass is 16.5. The van der Waals surface area contributed by atoms with E-state index >= 15 is 0 Å². The summed E-state index contributed by atoms with van der Waals surface area (Å²) in [5, 5.41) is 3.44. The Morgan fingerprint density at radius 3 is 2.84 bits per heavy atom. The molecule has 0 bridgehead atoms. The lowest BCUT2D eigenvalue weighted by atomic mass is 10.1. The van der Waals surface area contributed by atoms with Gasteiger partial charge in [-0.05, 0) is 37.7 Å². The van der Waals surface area contributed by atoms with Crippen molar-refractivity contribution in [2.24, 2.45) is 5.73 Å². The van der Waals surface area contributed by atoms with E-state index in [-0.39, 0.29) is 6.04 Å². The molecule has 0 aromatic heterocycles. The van der Waals surface area contributed by atoms with E-state index in [0.717, 1.165) is 32.5 Å². The predicted molar refractivity (Wildman–Crippen MR) is 79.2 cm³/mol. The second-order valence-corrected chi connectivity index (χ2v) is 5.43. The summed E-state index contributed by atoms with van der Waals surface area (Å²) in [5.74, 6) is 0. The molecule has 0 spiro atoms. The maximum atomic E-state index is 6.13. The molecule has 1 heterocycles. The van der Waals surface area contributed by atoms with E-state index in [1.165, 1.54) is 24.8 Å². The first-order chi connectivity index (χ1) is 9.34. The van der Waals surface area contributed by atoms with Gasteiger partial charge < -0.3 is 15.8 Å². The van der Waals surface area contributed by atoms with Gasteiger partial charge in [-0.2, -0.15) is 0 Å². The molecule has 0 aliphatic carbocycles. The van der Waals surface area contributed by atoms with Gasteiger partial charge in [-0.15, -0.1) is 0 Å². The molecule has 1 saturated heterocycles. The summed E-state index contributed by atoms with van der Waals surface area (Å²) in [5.41, 5.74) is 7.50. The van der Waals surface area contributed by atoms with Gasteiger partial charge in [0.05, 0.1) is 6.10 Å². The van der Waals surface area contributed by atoms with Crippen LogP contribution in [-0.2, 0) is 11.2 Å². The van der Waals surface area contributed by atoms with Gasteiger partial charge in [-0.3, -0.25) is 0 Å². The van der Waals surface area contributed by atoms with Crippen LogP contribution in [0.4, 0.5) is 0 Å². The van der Waals surface area contributed by atoms with Crippen LogP contribution in [0.25, 0.3) is 0 Å². The van der Waals surface area contributed by atoms with E-state index in [1.54, 1.807) is 0 Å². The highest BCUT2D eigenvalue weighted by Crippen LogP contribution is 2.11. The van der Waals surface area contributed by atoms with Gasteiger partial charge in [0.25, 0.3) is 0 Å². The van der Waals surface area contributed by atoms with Crippen molar-refractivity contribution in [3.05, 3.63) is 35.9 Å². The smallest absolute Gasteiger partial charge is 0.0699 e. The first-order valence-electron chi connectivity index (χ1n) is 7.46. The third-order valence-electron chi connectivity index (χ3n) is 3.70. The van der Waals surface area contributed by atoms with Crippen molar-refractivity contribution in [3.63, 3.8) is 0 Å². The molecule has 2 atom stereocenters. The average molecular weight is 262 g/mol. The molecule has 2 unspecified atom stereocenters. The van der Waals surface area contributed by atoms with Gasteiger partial charge >= 0.3 is 0 Å². The molecule has 3 heteroatoms. The third-order valence-corrected chi connectivity index (χ3v) is 3.70. The number of aryl methyl sites for hydroxylation is 1. The maximum absolute atomic E-state index is 6.13. The minimum atomic E-state index is 0.226. The lowest BCUT2D eigenvalue weighted by Crippen LogP contribution is -2.39. The molecule has 1 aliphatic rings. The zero-order valence-electron chi connectivity index (χ0n) is 11.7. The van der Waals surface area contributed by atoms with Crippen LogP contribution in [-0.4, -0.2) is 31.8 Å². The fourth-order valence-corrected chi connectivity index (χ4v) is 2.50. The van der Waals surface area contributed by atoms with Crippen LogP contribution in [0.3, 0.4) is 0 Å². The van der Waals surface area contributed by atoms with Crippen molar-refractivity contribution in [2.45, 2.75) is 44.2 Å². The van der Waals surface area contributed by atoms with Gasteiger partial charge in [-0.25, -0.2) is 0 Å². The Balaban J connectivity index is 1.55. The number of ether oxygens (including phenoxy) is 1. The van der Waals surface area contributed by atoms with Gasteiger partial charge in [0.2, 0.25) is 0 Å². The van der Waals surface area contributed by atoms with Gasteiger partial charge in [0.15, 0.2) is 0 Å². The molecule has 1 aliphatic heterocycles. The summed E-state index contributed by atoms with van der Waals surface area (Å²) in [6.07, 6.45) is 6.19. The fourth-order valence-electron chi connectivity index (χ4n) is 2.50. The molecule has 106 valence electrons. The second-order valence-electron chi connectivity index (χ2n) is 5.43. The van der Waals surface area contributed by atoms with Gasteiger partial charge in [0, 0.05) is 25.7 Å². The van der Waals surface area contributed by atoms with Crippen LogP contribution in [0, 0.1) is 0 Å². The number of hydrogen-bond acceptors (Lipinski definition) is 3. The van der Waals surface area contributed by atoms with E-state index < -0.39 is 0 Å². The number of rotatable bonds is 7. The predicted octanol–water partition coefficient (Wildman–Crippen LogP) is 2.11. The Labute approximate surface area is 116 Å². The van der Waals surface area contributed by atoms with Crippen LogP contribution < -0.4 is 11.1 Å². The molecule has 0 amide bonds. The Morgan fingerprint density at radius 1 is 1.26 bits per heavy atom. The Hall–Kier alpha value is -0.900. The van der Waals surface area contributed by atoms with E-state index in [4.69, 9.17) is 10.5 Å². The van der Waals surface area contributed by atoms with Crippen LogP contribution in [0.5, 0.6) is 0 Å². The van der Waals surface area contributed by atoms with Crippen molar-refractivity contribution in [3.8, 4) is 0 Å². The minimum Gasteiger partial charge on any atom is -0.377 e. The molecule has 3 N–H and O–H groups in total. The third kappa shape index (κ3) is 5.72. The summed E-state index contributed by atoms with van der Waals surface area (Å²) in [6.45, 7) is 2.75. The van der Waals surface area contributed by atoms with Crippen molar-refractivity contribution in [1.82, 2.24) is 5.32 Å². The van der Waals surface area contributed by atoms with Crippen molar-refractivity contribution >= 4 is 0 Å². The lowest BCUT2D eigenvalue weighted by Gasteiger charge is -2.23. The van der Waals surface area contributed by atoms with Crippen LogP contribution in [0.15, 0.2) is 30.3 Å². The molecular formula is C16H26N2O. The monoisotopic (exact) mass is 262 g/mol. The van der Waals surface area contributed by atoms with Crippen molar-refractivity contribution < 1.29 is 4.74 Å². The maximum Gasteiger partial charge on any atom is 0.0699 e. The quantitative estimate of drug-likeness (QED) is 0.791. The molecular weight excluding hydrogens is 236 g/mol. The first kappa shape index (κ1) is 14.5. The Morgan fingerprint density at radius 2 is 2.11 bits per heavy atom. The molecule has 2 rings (SSSR count). The van der Waals surface area contributed by atoms with Crippen molar-refractivity contribution in [2.75, 3.05) is 19.7 Å². The van der Waals surface area contributed by atoms with E-state index in [1.807, 2.05) is 0 Å². The summed E-state index contributed by atoms with van der Waals surface area (Å²) in [4.78, 5) is 0. The first-order valence-corrected chi connectivity index (χ1v) is 7.46. The summed E-state index contributed by atoms with van der Waals surface area (Å²) >= 11 is 0. The molecule has 1 aromatic carbocycles. The standard InChI is InChI=1S/C16H26N2O/c17-15(10-9-14-6-2-1-3-7-14)12-18-13-16-8-4-5-11-19-16/h1-3,6-7,15-16,18H,4-5,8-13,17H2. The zero-order valence-corrected chi connectivity index (χ0v) is 11.7. The minimum absolute atomic E-state index is 0.226. The van der Waals surface area contributed by atoms with Gasteiger partial charge in [-0.1, -0.05) is 30.3 Å². The largest absolute Gasteiger partial charge is 0.377 e. The van der Waals surface area contributed by atoms with Crippen LogP contribution in [0.1, 0.15) is 31.2 Å². The number of hydrogen-bond donors (Lipinski definition) is 2. The molecule has 0 saturated carbocycles. The fraction of sp³-hybridized carbons (Fsp3) is 0.625. The Kier molecular flexibility index (Phi) is 6.34. The number of nitrogens with one attached hydrogen (secondary N) is 1. The van der Waals surface area contributed by atoms with Gasteiger partial charge in [0.1, 0.15) is 0 Å². The normalized spacial score (nSPS) is 21.2. The summed E-state index contributed by atoms with van der Waals surface area (Å²) < 4.78 is 5.69. The number of benzene rings is 1. The average Bonchev–Trinajstić information content (AvgIpc) is 2.47.